The van der Waals surface area contributed by atoms with E-state index >= 15 is 0 Å². The van der Waals surface area contributed by atoms with Gasteiger partial charge >= 0.3 is 5.97 Å². The summed E-state index contributed by atoms with van der Waals surface area (Å²) in [6, 6.07) is 0. The zero-order chi connectivity index (χ0) is 46.4. The van der Waals surface area contributed by atoms with Gasteiger partial charge in [-0.15, -0.1) is 0 Å². The second-order valence-electron chi connectivity index (χ2n) is 16.1. The van der Waals surface area contributed by atoms with E-state index in [1.54, 1.807) is 0 Å². The van der Waals surface area contributed by atoms with Crippen molar-refractivity contribution in [3.8, 4) is 0 Å². The fraction of sp³-hybridized carbons (Fsp3) is 0.618. The van der Waals surface area contributed by atoms with Crippen LogP contribution in [0.5, 0.6) is 0 Å². The standard InChI is InChI=1S/C55H88O9/c1-3-5-7-9-11-13-15-17-19-21-23-24-25-27-29-31-33-35-37-39-41-43-45-61-47-49(48-62-55-54(60)53(59)52(58)50(46-56)64-55)63-51(57)44-42-40-38-36-34-32-30-28-26-22-20-18-16-14-12-10-8-6-4-2/h5-8,11-14,17-20,23-24,26-29,32,34,49-50,52-56,58-60H,3-4,9-10,15-16,21-22,25,30-31,33,35-48H2,1-2H3/b7-5-,8-6-,13-11-,14-12-,19-17-,20-18-,24-23-,28-26-,29-27-,34-32-. The van der Waals surface area contributed by atoms with E-state index in [-0.39, 0.29) is 25.6 Å². The van der Waals surface area contributed by atoms with E-state index in [4.69, 9.17) is 18.9 Å². The molecule has 0 aromatic carbocycles. The minimum Gasteiger partial charge on any atom is -0.457 e. The van der Waals surface area contributed by atoms with Crippen LogP contribution in [0.25, 0.3) is 0 Å². The third-order valence-corrected chi connectivity index (χ3v) is 10.4. The summed E-state index contributed by atoms with van der Waals surface area (Å²) in [6.45, 7) is 4.23. The van der Waals surface area contributed by atoms with Crippen LogP contribution in [0.3, 0.4) is 0 Å². The van der Waals surface area contributed by atoms with E-state index in [1.165, 1.54) is 19.3 Å². The van der Waals surface area contributed by atoms with Gasteiger partial charge in [0.25, 0.3) is 0 Å². The number of unbranched alkanes of at least 4 members (excludes halogenated alkanes) is 9. The van der Waals surface area contributed by atoms with Crippen LogP contribution in [-0.4, -0.2) is 89.6 Å². The van der Waals surface area contributed by atoms with Gasteiger partial charge in [-0.2, -0.15) is 0 Å². The molecule has 1 saturated heterocycles. The summed E-state index contributed by atoms with van der Waals surface area (Å²) in [6.07, 6.45) is 57.9. The molecule has 4 N–H and O–H groups in total. The van der Waals surface area contributed by atoms with Crippen LogP contribution in [0.15, 0.2) is 122 Å². The molecule has 0 bridgehead atoms. The predicted molar refractivity (Wildman–Crippen MR) is 265 cm³/mol. The molecule has 362 valence electrons. The van der Waals surface area contributed by atoms with Crippen LogP contribution < -0.4 is 0 Å². The molecule has 0 aromatic heterocycles. The molecule has 1 rings (SSSR count). The van der Waals surface area contributed by atoms with Gasteiger partial charge in [0.15, 0.2) is 6.29 Å². The molecule has 64 heavy (non-hydrogen) atoms. The molecule has 0 saturated carbocycles. The fourth-order valence-corrected chi connectivity index (χ4v) is 6.60. The molecule has 0 aromatic rings. The van der Waals surface area contributed by atoms with E-state index in [0.717, 1.165) is 109 Å². The number of allylic oxidation sites excluding steroid dienone is 20. The van der Waals surface area contributed by atoms with Gasteiger partial charge in [-0.1, -0.05) is 167 Å². The van der Waals surface area contributed by atoms with Crippen LogP contribution in [0.2, 0.25) is 0 Å². The Morgan fingerprint density at radius 3 is 1.36 bits per heavy atom. The number of ether oxygens (including phenoxy) is 4. The Balaban J connectivity index is 2.29. The average Bonchev–Trinajstić information content (AvgIpc) is 3.30. The largest absolute Gasteiger partial charge is 0.457 e. The summed E-state index contributed by atoms with van der Waals surface area (Å²) < 4.78 is 22.8. The molecule has 9 nitrogen and oxygen atoms in total. The number of hydrogen-bond donors (Lipinski definition) is 4. The van der Waals surface area contributed by atoms with Crippen LogP contribution in [0.4, 0.5) is 0 Å². The normalized spacial score (nSPS) is 20.6. The third kappa shape index (κ3) is 34.9. The quantitative estimate of drug-likeness (QED) is 0.0269. The number of carbonyl (C=O) groups is 1. The molecular formula is C55H88O9. The lowest BCUT2D eigenvalue weighted by molar-refractivity contribution is -0.305. The highest BCUT2D eigenvalue weighted by molar-refractivity contribution is 5.69. The van der Waals surface area contributed by atoms with Crippen molar-refractivity contribution in [3.05, 3.63) is 122 Å². The topological polar surface area (TPSA) is 135 Å². The van der Waals surface area contributed by atoms with Crippen LogP contribution in [0.1, 0.15) is 155 Å². The highest BCUT2D eigenvalue weighted by Crippen LogP contribution is 2.22. The van der Waals surface area contributed by atoms with Gasteiger partial charge in [0.1, 0.15) is 30.5 Å². The zero-order valence-corrected chi connectivity index (χ0v) is 39.7. The molecule has 0 aliphatic carbocycles. The molecule has 6 unspecified atom stereocenters. The maximum Gasteiger partial charge on any atom is 0.306 e. The van der Waals surface area contributed by atoms with Crippen molar-refractivity contribution < 1.29 is 44.2 Å². The van der Waals surface area contributed by atoms with Gasteiger partial charge in [0.2, 0.25) is 0 Å². The van der Waals surface area contributed by atoms with E-state index < -0.39 is 43.4 Å². The van der Waals surface area contributed by atoms with E-state index in [2.05, 4.69) is 135 Å². The first-order valence-corrected chi connectivity index (χ1v) is 24.6. The van der Waals surface area contributed by atoms with Crippen LogP contribution in [-0.2, 0) is 23.7 Å². The Labute approximate surface area is 388 Å². The average molecular weight is 893 g/mol. The third-order valence-electron chi connectivity index (χ3n) is 10.4. The van der Waals surface area contributed by atoms with Crippen molar-refractivity contribution in [1.29, 1.82) is 0 Å². The second kappa shape index (κ2) is 44.8. The first-order valence-electron chi connectivity index (χ1n) is 24.6. The molecule has 0 amide bonds. The molecule has 1 fully saturated rings. The summed E-state index contributed by atoms with van der Waals surface area (Å²) in [4.78, 5) is 12.8. The van der Waals surface area contributed by atoms with Gasteiger partial charge in [0.05, 0.1) is 19.8 Å². The second-order valence-corrected chi connectivity index (χ2v) is 16.1. The summed E-state index contributed by atoms with van der Waals surface area (Å²) in [7, 11) is 0. The monoisotopic (exact) mass is 893 g/mol. The van der Waals surface area contributed by atoms with Gasteiger partial charge in [-0.25, -0.2) is 0 Å². The van der Waals surface area contributed by atoms with Gasteiger partial charge < -0.3 is 39.4 Å². The lowest BCUT2D eigenvalue weighted by Gasteiger charge is -2.39. The number of hydrogen-bond acceptors (Lipinski definition) is 9. The molecule has 1 aliphatic rings. The Morgan fingerprint density at radius 2 is 0.906 bits per heavy atom. The molecule has 9 heteroatoms. The van der Waals surface area contributed by atoms with Crippen LogP contribution >= 0.6 is 0 Å². The minimum absolute atomic E-state index is 0.112. The molecule has 0 spiro atoms. The fourth-order valence-electron chi connectivity index (χ4n) is 6.60. The predicted octanol–water partition coefficient (Wildman–Crippen LogP) is 11.9. The summed E-state index contributed by atoms with van der Waals surface area (Å²) in [5.74, 6) is -0.356. The summed E-state index contributed by atoms with van der Waals surface area (Å²) >= 11 is 0. The Bertz CT molecular complexity index is 1390. The molecule has 6 atom stereocenters. The van der Waals surface area contributed by atoms with Crippen LogP contribution in [0, 0.1) is 0 Å². The van der Waals surface area contributed by atoms with Crippen molar-refractivity contribution in [2.45, 2.75) is 192 Å². The van der Waals surface area contributed by atoms with Gasteiger partial charge in [-0.3, -0.25) is 4.79 Å². The van der Waals surface area contributed by atoms with Crippen molar-refractivity contribution in [1.82, 2.24) is 0 Å². The molecule has 0 radical (unpaired) electrons. The first kappa shape index (κ1) is 58.6. The number of esters is 1. The highest BCUT2D eigenvalue weighted by atomic mass is 16.7. The Kier molecular flexibility index (Phi) is 41.0. The van der Waals surface area contributed by atoms with Crippen molar-refractivity contribution in [3.63, 3.8) is 0 Å². The minimum atomic E-state index is -1.55. The maximum absolute atomic E-state index is 12.8. The number of aliphatic hydroxyl groups excluding tert-OH is 4. The molecule has 1 aliphatic heterocycles. The zero-order valence-electron chi connectivity index (χ0n) is 39.7. The number of rotatable bonds is 40. The Morgan fingerprint density at radius 1 is 0.500 bits per heavy atom. The van der Waals surface area contributed by atoms with E-state index in [9.17, 15) is 25.2 Å². The molecule has 1 heterocycles. The van der Waals surface area contributed by atoms with Crippen molar-refractivity contribution in [2.24, 2.45) is 0 Å². The van der Waals surface area contributed by atoms with E-state index in [1.807, 2.05) is 0 Å². The van der Waals surface area contributed by atoms with E-state index in [0.29, 0.717) is 13.0 Å². The number of aliphatic hydroxyl groups is 4. The maximum atomic E-state index is 12.8. The molecular weight excluding hydrogens is 805 g/mol. The smallest absolute Gasteiger partial charge is 0.306 e. The van der Waals surface area contributed by atoms with Gasteiger partial charge in [-0.05, 0) is 103 Å². The van der Waals surface area contributed by atoms with Gasteiger partial charge in [0, 0.05) is 13.0 Å². The summed E-state index contributed by atoms with van der Waals surface area (Å²) in [5.41, 5.74) is 0. The lowest BCUT2D eigenvalue weighted by Crippen LogP contribution is -2.59. The SMILES string of the molecule is CC/C=C\C/C=C\C/C=C\C/C=C\C/C=C\CCCCCCCCOCC(COC1OC(CO)C(O)C(O)C1O)OC(=O)CCCCC/C=C\C/C=C\C/C=C\C/C=C\C/C=C\CC. The highest BCUT2D eigenvalue weighted by Gasteiger charge is 2.44. The van der Waals surface area contributed by atoms with Crippen molar-refractivity contribution >= 4 is 5.97 Å². The first-order chi connectivity index (χ1) is 31.4. The number of carbonyl (C=O) groups excluding carboxylic acids is 1. The summed E-state index contributed by atoms with van der Waals surface area (Å²) in [5, 5.41) is 40.2. The van der Waals surface area contributed by atoms with Crippen molar-refractivity contribution in [2.75, 3.05) is 26.4 Å². The Hall–Kier alpha value is -3.41. The lowest BCUT2D eigenvalue weighted by atomic mass is 9.99.